The molecule has 43 heavy (non-hydrogen) atoms. The molecule has 222 valence electrons. The summed E-state index contributed by atoms with van der Waals surface area (Å²) in [5, 5.41) is 19.1. The normalized spacial score (nSPS) is 16.3. The van der Waals surface area contributed by atoms with Crippen molar-refractivity contribution in [1.29, 1.82) is 5.26 Å². The van der Waals surface area contributed by atoms with Crippen molar-refractivity contribution in [2.24, 2.45) is 0 Å². The molecular formula is C33H34N4O6. The van der Waals surface area contributed by atoms with E-state index >= 15 is 0 Å². The maximum Gasteiger partial charge on any atom is 0.254 e. The van der Waals surface area contributed by atoms with Crippen LogP contribution in [0, 0.1) is 11.3 Å². The van der Waals surface area contributed by atoms with E-state index in [1.54, 1.807) is 25.4 Å². The fourth-order valence-corrected chi connectivity index (χ4v) is 5.69. The molecule has 2 saturated heterocycles. The summed E-state index contributed by atoms with van der Waals surface area (Å²) < 4.78 is 23.6. The number of aromatic nitrogens is 1. The van der Waals surface area contributed by atoms with Crippen molar-refractivity contribution in [3.63, 3.8) is 0 Å². The monoisotopic (exact) mass is 582 g/mol. The lowest BCUT2D eigenvalue weighted by molar-refractivity contribution is 0.0254. The Hall–Kier alpha value is -4.43. The molecule has 0 saturated carbocycles. The van der Waals surface area contributed by atoms with Crippen LogP contribution in [-0.2, 0) is 4.74 Å². The van der Waals surface area contributed by atoms with Crippen molar-refractivity contribution in [1.82, 2.24) is 14.8 Å². The van der Waals surface area contributed by atoms with Gasteiger partial charge in [0.25, 0.3) is 5.91 Å². The predicted molar refractivity (Wildman–Crippen MR) is 160 cm³/mol. The van der Waals surface area contributed by atoms with Gasteiger partial charge in [0.2, 0.25) is 0 Å². The lowest BCUT2D eigenvalue weighted by Gasteiger charge is -2.34. The third kappa shape index (κ3) is 6.06. The van der Waals surface area contributed by atoms with Crippen LogP contribution in [-0.4, -0.2) is 91.6 Å². The smallest absolute Gasteiger partial charge is 0.254 e. The molecule has 2 aromatic carbocycles. The second-order valence-electron chi connectivity index (χ2n) is 10.7. The first-order valence-electron chi connectivity index (χ1n) is 14.6. The molecule has 0 aliphatic carbocycles. The third-order valence-electron chi connectivity index (χ3n) is 8.07. The van der Waals surface area contributed by atoms with Gasteiger partial charge in [0.05, 0.1) is 38.1 Å². The van der Waals surface area contributed by atoms with Crippen LogP contribution in [0.1, 0.15) is 28.8 Å². The number of aliphatic hydroxyl groups is 1. The Morgan fingerprint density at radius 2 is 1.86 bits per heavy atom. The third-order valence-corrected chi connectivity index (χ3v) is 8.07. The Kier molecular flexibility index (Phi) is 8.56. The van der Waals surface area contributed by atoms with Gasteiger partial charge in [-0.05, 0) is 42.0 Å². The number of nitriles is 1. The number of benzene rings is 2. The minimum absolute atomic E-state index is 0.0331. The highest BCUT2D eigenvalue weighted by Crippen LogP contribution is 2.38. The van der Waals surface area contributed by atoms with Gasteiger partial charge in [-0.2, -0.15) is 5.26 Å². The SMILES string of the molecule is COc1cc(C(=O)N2CCN(CCO)CC2)ccc1-c1cc2nccc(-c3ccc(OC4CCOCC4)c(C#N)c3)c2o1. The van der Waals surface area contributed by atoms with Crippen molar-refractivity contribution >= 4 is 17.0 Å². The van der Waals surface area contributed by atoms with Crippen LogP contribution in [0.25, 0.3) is 33.6 Å². The molecule has 2 fully saturated rings. The number of rotatable bonds is 8. The maximum absolute atomic E-state index is 13.2. The number of carbonyl (C=O) groups excluding carboxylic acids is 1. The van der Waals surface area contributed by atoms with Crippen LogP contribution in [0.4, 0.5) is 0 Å². The molecule has 10 nitrogen and oxygen atoms in total. The number of amides is 1. The molecule has 1 amide bonds. The summed E-state index contributed by atoms with van der Waals surface area (Å²) in [6.07, 6.45) is 3.35. The van der Waals surface area contributed by atoms with Gasteiger partial charge in [-0.15, -0.1) is 0 Å². The first kappa shape index (κ1) is 28.7. The van der Waals surface area contributed by atoms with Crippen molar-refractivity contribution in [2.45, 2.75) is 18.9 Å². The second-order valence-corrected chi connectivity index (χ2v) is 10.7. The summed E-state index contributed by atoms with van der Waals surface area (Å²) in [6.45, 7) is 4.74. The van der Waals surface area contributed by atoms with Gasteiger partial charge in [0, 0.05) is 69.0 Å². The molecule has 4 heterocycles. The number of hydrogen-bond donors (Lipinski definition) is 1. The van der Waals surface area contributed by atoms with Crippen LogP contribution in [0.15, 0.2) is 59.1 Å². The highest BCUT2D eigenvalue weighted by Gasteiger charge is 2.24. The van der Waals surface area contributed by atoms with Gasteiger partial charge in [0.15, 0.2) is 5.58 Å². The summed E-state index contributed by atoms with van der Waals surface area (Å²) in [5.41, 5.74) is 4.57. The first-order valence-corrected chi connectivity index (χ1v) is 14.6. The van der Waals surface area contributed by atoms with Crippen LogP contribution >= 0.6 is 0 Å². The topological polar surface area (TPSA) is 121 Å². The molecule has 1 N–H and O–H groups in total. The van der Waals surface area contributed by atoms with E-state index in [0.717, 1.165) is 37.1 Å². The number of β-amino-alcohol motifs (C(OH)–C–C–N with tert-alkyl or cyclic N) is 1. The highest BCUT2D eigenvalue weighted by atomic mass is 16.5. The van der Waals surface area contributed by atoms with Crippen molar-refractivity contribution in [3.8, 4) is 40.0 Å². The zero-order valence-electron chi connectivity index (χ0n) is 24.1. The number of ether oxygens (including phenoxy) is 3. The number of carbonyl (C=O) groups is 1. The Balaban J connectivity index is 1.26. The Morgan fingerprint density at radius 3 is 2.60 bits per heavy atom. The number of furan rings is 1. The number of aliphatic hydroxyl groups excluding tert-OH is 1. The number of nitrogens with zero attached hydrogens (tertiary/aromatic N) is 4. The number of hydrogen-bond acceptors (Lipinski definition) is 9. The molecule has 6 rings (SSSR count). The number of methoxy groups -OCH3 is 1. The second kappa shape index (κ2) is 12.8. The van der Waals surface area contributed by atoms with E-state index in [1.165, 1.54) is 0 Å². The lowest BCUT2D eigenvalue weighted by atomic mass is 10.0. The number of piperazine rings is 1. The zero-order valence-corrected chi connectivity index (χ0v) is 24.1. The van der Waals surface area contributed by atoms with Gasteiger partial charge in [-0.1, -0.05) is 6.07 Å². The van der Waals surface area contributed by atoms with Crippen LogP contribution in [0.2, 0.25) is 0 Å². The van der Waals surface area contributed by atoms with E-state index in [1.807, 2.05) is 41.3 Å². The molecule has 2 aromatic heterocycles. The van der Waals surface area contributed by atoms with Crippen molar-refractivity contribution in [2.75, 3.05) is 59.7 Å². The Morgan fingerprint density at radius 1 is 1.05 bits per heavy atom. The van der Waals surface area contributed by atoms with E-state index in [2.05, 4.69) is 16.0 Å². The van der Waals surface area contributed by atoms with Crippen molar-refractivity contribution < 1.29 is 28.5 Å². The van der Waals surface area contributed by atoms with E-state index in [4.69, 9.17) is 18.6 Å². The zero-order chi connectivity index (χ0) is 29.8. The van der Waals surface area contributed by atoms with Crippen LogP contribution in [0.3, 0.4) is 0 Å². The molecule has 2 aliphatic heterocycles. The summed E-state index contributed by atoms with van der Waals surface area (Å²) in [6, 6.07) is 16.9. The minimum Gasteiger partial charge on any atom is -0.496 e. The average molecular weight is 583 g/mol. The fourth-order valence-electron chi connectivity index (χ4n) is 5.69. The largest absolute Gasteiger partial charge is 0.496 e. The highest BCUT2D eigenvalue weighted by molar-refractivity contribution is 5.97. The quantitative estimate of drug-likeness (QED) is 0.323. The van der Waals surface area contributed by atoms with E-state index < -0.39 is 0 Å². The molecule has 0 unspecified atom stereocenters. The number of pyridine rings is 1. The molecular weight excluding hydrogens is 548 g/mol. The van der Waals surface area contributed by atoms with Gasteiger partial charge in [-0.3, -0.25) is 14.7 Å². The number of fused-ring (bicyclic) bond motifs is 1. The molecule has 4 aromatic rings. The molecule has 0 atom stereocenters. The molecule has 0 bridgehead atoms. The molecule has 0 radical (unpaired) electrons. The summed E-state index contributed by atoms with van der Waals surface area (Å²) >= 11 is 0. The van der Waals surface area contributed by atoms with E-state index in [-0.39, 0.29) is 18.6 Å². The lowest BCUT2D eigenvalue weighted by Crippen LogP contribution is -2.49. The fraction of sp³-hybridized carbons (Fsp3) is 0.364. The molecule has 0 spiro atoms. The van der Waals surface area contributed by atoms with E-state index in [0.29, 0.717) is 77.9 Å². The van der Waals surface area contributed by atoms with Crippen LogP contribution < -0.4 is 9.47 Å². The Bertz CT molecular complexity index is 1650. The Labute approximate surface area is 250 Å². The summed E-state index contributed by atoms with van der Waals surface area (Å²) in [5.74, 6) is 1.59. The van der Waals surface area contributed by atoms with Crippen LogP contribution in [0.5, 0.6) is 11.5 Å². The van der Waals surface area contributed by atoms with E-state index in [9.17, 15) is 15.2 Å². The standard InChI is InChI=1S/C33H34N4O6/c1-40-30-19-23(33(39)37-12-10-36(11-13-37)14-15-38)2-4-27(30)31-20-28-32(43-31)26(6-9-35-28)22-3-5-29(24(18-22)21-34)42-25-7-16-41-17-8-25/h2-6,9,18-20,25,38H,7-8,10-17H2,1H3. The van der Waals surface area contributed by atoms with Gasteiger partial charge < -0.3 is 28.6 Å². The minimum atomic E-state index is -0.0559. The predicted octanol–water partition coefficient (Wildman–Crippen LogP) is 4.35. The van der Waals surface area contributed by atoms with Crippen molar-refractivity contribution in [3.05, 3.63) is 65.9 Å². The molecule has 2 aliphatic rings. The van der Waals surface area contributed by atoms with Gasteiger partial charge >= 0.3 is 0 Å². The maximum atomic E-state index is 13.2. The van der Waals surface area contributed by atoms with Gasteiger partial charge in [0.1, 0.15) is 34.9 Å². The first-order chi connectivity index (χ1) is 21.1. The summed E-state index contributed by atoms with van der Waals surface area (Å²) in [4.78, 5) is 21.7. The van der Waals surface area contributed by atoms with Gasteiger partial charge in [-0.25, -0.2) is 0 Å². The molecule has 10 heteroatoms. The summed E-state index contributed by atoms with van der Waals surface area (Å²) in [7, 11) is 1.57. The average Bonchev–Trinajstić information content (AvgIpc) is 3.50.